The van der Waals surface area contributed by atoms with E-state index in [0.29, 0.717) is 17.1 Å². The van der Waals surface area contributed by atoms with Gasteiger partial charge in [0.25, 0.3) is 0 Å². The summed E-state index contributed by atoms with van der Waals surface area (Å²) in [7, 11) is 0. The zero-order chi connectivity index (χ0) is 32.1. The lowest BCUT2D eigenvalue weighted by Crippen LogP contribution is -2.80. The minimum absolute atomic E-state index is 0.00527. The number of fused-ring (bicyclic) bond motifs is 2. The Hall–Kier alpha value is -3.68. The van der Waals surface area contributed by atoms with E-state index >= 15 is 0 Å². The molecule has 238 valence electrons. The predicted octanol–water partition coefficient (Wildman–Crippen LogP) is 4.38. The van der Waals surface area contributed by atoms with Crippen molar-refractivity contribution >= 4 is 23.3 Å². The Labute approximate surface area is 252 Å². The van der Waals surface area contributed by atoms with Gasteiger partial charge in [-0.25, -0.2) is 14.1 Å². The summed E-state index contributed by atoms with van der Waals surface area (Å²) in [5.74, 6) is -3.44. The van der Waals surface area contributed by atoms with Crippen LogP contribution in [0.15, 0.2) is 36.4 Å². The van der Waals surface area contributed by atoms with Gasteiger partial charge in [0.05, 0.1) is 18.0 Å². The number of benzene rings is 2. The average molecular weight is 622 g/mol. The molecule has 44 heavy (non-hydrogen) atoms. The molecule has 0 bridgehead atoms. The number of ether oxygens (including phenoxy) is 4. The monoisotopic (exact) mass is 621 g/mol. The van der Waals surface area contributed by atoms with Crippen molar-refractivity contribution in [1.82, 2.24) is 9.80 Å². The molecule has 1 unspecified atom stereocenters. The molecule has 0 spiro atoms. The van der Waals surface area contributed by atoms with Gasteiger partial charge in [0.1, 0.15) is 36.5 Å². The molecule has 3 aliphatic rings. The molecular weight excluding hydrogens is 585 g/mol. The zero-order valence-corrected chi connectivity index (χ0v) is 25.0. The van der Waals surface area contributed by atoms with Gasteiger partial charge in [0, 0.05) is 36.6 Å². The number of hydrogen-bond donors (Lipinski definition) is 2. The van der Waals surface area contributed by atoms with Crippen LogP contribution in [0.3, 0.4) is 0 Å². The second-order valence-corrected chi connectivity index (χ2v) is 12.6. The van der Waals surface area contributed by atoms with Gasteiger partial charge in [-0.3, -0.25) is 4.79 Å². The maximum atomic E-state index is 14.7. The minimum Gasteiger partial charge on any atom is -0.486 e. The first kappa shape index (κ1) is 31.7. The molecule has 1 saturated heterocycles. The van der Waals surface area contributed by atoms with E-state index in [-0.39, 0.29) is 50.5 Å². The summed E-state index contributed by atoms with van der Waals surface area (Å²) in [4.78, 5) is 41.6. The van der Waals surface area contributed by atoms with Gasteiger partial charge in [-0.15, -0.1) is 13.2 Å². The third kappa shape index (κ3) is 5.41. The number of ketones is 1. The predicted molar refractivity (Wildman–Crippen MR) is 151 cm³/mol. The number of piperidine rings is 1. The van der Waals surface area contributed by atoms with Crippen LogP contribution in [0.25, 0.3) is 0 Å². The number of carbonyl (C=O) groups is 3. The van der Waals surface area contributed by atoms with Gasteiger partial charge in [0.15, 0.2) is 18.1 Å². The summed E-state index contributed by atoms with van der Waals surface area (Å²) in [6.07, 6.45) is -6.30. The average Bonchev–Trinajstić information content (AvgIpc) is 3.05. The molecule has 5 rings (SSSR count). The smallest absolute Gasteiger partial charge is 0.486 e. The first-order valence-electron chi connectivity index (χ1n) is 14.4. The SMILES string of the molecule is CC(=O)[C@H]1CNCC[C@]1(C(=O)O)[N@+]1(CC(C)(C)C)C(=O)COC(c2cccc3c2OCCO3)c2cc(OC(F)(F)F)ccc21. The number of halogens is 3. The van der Waals surface area contributed by atoms with Crippen molar-refractivity contribution in [3.05, 3.63) is 47.5 Å². The van der Waals surface area contributed by atoms with E-state index in [9.17, 15) is 32.7 Å². The van der Waals surface area contributed by atoms with E-state index in [1.54, 1.807) is 18.2 Å². The highest BCUT2D eigenvalue weighted by Crippen LogP contribution is 2.53. The molecule has 0 saturated carbocycles. The van der Waals surface area contributed by atoms with Gasteiger partial charge in [-0.2, -0.15) is 0 Å². The number of nitrogens with zero attached hydrogens (tertiary/aromatic N) is 1. The Morgan fingerprint density at radius 1 is 1.11 bits per heavy atom. The van der Waals surface area contributed by atoms with E-state index in [0.717, 1.165) is 12.1 Å². The summed E-state index contributed by atoms with van der Waals surface area (Å²) in [5, 5.41) is 14.2. The Bertz CT molecular complexity index is 1470. The number of aliphatic carboxylic acids is 1. The van der Waals surface area contributed by atoms with E-state index in [2.05, 4.69) is 10.1 Å². The van der Waals surface area contributed by atoms with Crippen molar-refractivity contribution < 1.29 is 51.6 Å². The molecule has 2 N–H and O–H groups in total. The molecule has 0 radical (unpaired) electrons. The van der Waals surface area contributed by atoms with Crippen LogP contribution >= 0.6 is 0 Å². The molecule has 13 heteroatoms. The van der Waals surface area contributed by atoms with Crippen LogP contribution in [-0.4, -0.2) is 74.1 Å². The second-order valence-electron chi connectivity index (χ2n) is 12.6. The van der Waals surface area contributed by atoms with Crippen molar-refractivity contribution in [3.8, 4) is 17.2 Å². The van der Waals surface area contributed by atoms with Crippen molar-refractivity contribution in [3.63, 3.8) is 0 Å². The number of carboxylic acids is 1. The Morgan fingerprint density at radius 2 is 1.84 bits per heavy atom. The quantitative estimate of drug-likeness (QED) is 0.453. The van der Waals surface area contributed by atoms with E-state index in [4.69, 9.17) is 14.2 Å². The van der Waals surface area contributed by atoms with Crippen LogP contribution < -0.4 is 24.0 Å². The summed E-state index contributed by atoms with van der Waals surface area (Å²) >= 11 is 0. The van der Waals surface area contributed by atoms with Gasteiger partial charge >= 0.3 is 18.2 Å². The molecule has 2 aromatic rings. The third-order valence-electron chi connectivity index (χ3n) is 8.47. The maximum Gasteiger partial charge on any atom is 0.573 e. The van der Waals surface area contributed by atoms with Crippen molar-refractivity contribution in [2.75, 3.05) is 39.5 Å². The van der Waals surface area contributed by atoms with Crippen molar-refractivity contribution in [1.29, 1.82) is 0 Å². The highest BCUT2D eigenvalue weighted by molar-refractivity contribution is 6.02. The Balaban J connectivity index is 1.88. The van der Waals surface area contributed by atoms with Crippen LogP contribution in [0, 0.1) is 11.3 Å². The number of para-hydroxylation sites is 1. The van der Waals surface area contributed by atoms with Gasteiger partial charge < -0.3 is 29.4 Å². The van der Waals surface area contributed by atoms with E-state index in [1.807, 2.05) is 20.8 Å². The van der Waals surface area contributed by atoms with Crippen molar-refractivity contribution in [2.45, 2.75) is 52.1 Å². The van der Waals surface area contributed by atoms with Gasteiger partial charge in [-0.1, -0.05) is 32.9 Å². The topological polar surface area (TPSA) is 120 Å². The number of amides is 1. The third-order valence-corrected chi connectivity index (χ3v) is 8.47. The lowest BCUT2D eigenvalue weighted by atomic mass is 9.70. The number of quaternary nitrogens is 1. The van der Waals surface area contributed by atoms with Crippen LogP contribution in [0.2, 0.25) is 0 Å². The molecule has 1 amide bonds. The standard InChI is InChI=1S/C31H35F3N2O8/c1-18(37)22-15-35-11-10-30(22,28(39)40)36(17-29(2,3)4)23-9-8-19(44-31(32,33)34)14-21(23)26(43-16-25(36)38)20-6-5-7-24-27(20)42-13-12-41-24/h5-9,14,22,26,35H,10-13,15-17H2,1-4H3/p+1/t22-,26?,30+,36+/m1/s1. The zero-order valence-electron chi connectivity index (χ0n) is 25.0. The first-order chi connectivity index (χ1) is 20.6. The van der Waals surface area contributed by atoms with Gasteiger partial charge in [-0.05, 0) is 25.1 Å². The fourth-order valence-electron chi connectivity index (χ4n) is 7.02. The summed E-state index contributed by atoms with van der Waals surface area (Å²) in [6.45, 7) is 6.81. The first-order valence-corrected chi connectivity index (χ1v) is 14.4. The Morgan fingerprint density at radius 3 is 2.50 bits per heavy atom. The fraction of sp³-hybridized carbons (Fsp3) is 0.516. The van der Waals surface area contributed by atoms with Crippen LogP contribution in [-0.2, 0) is 19.1 Å². The summed E-state index contributed by atoms with van der Waals surface area (Å²) < 4.78 is 61.7. The van der Waals surface area contributed by atoms with Crippen LogP contribution in [0.1, 0.15) is 51.3 Å². The molecule has 4 atom stereocenters. The molecule has 10 nitrogen and oxygen atoms in total. The van der Waals surface area contributed by atoms with Crippen LogP contribution in [0.5, 0.6) is 17.2 Å². The number of Topliss-reactive ketones (excluding diaryl/α,β-unsaturated/α-hetero) is 1. The molecule has 3 heterocycles. The Kier molecular flexibility index (Phi) is 8.19. The molecule has 2 aromatic carbocycles. The highest BCUT2D eigenvalue weighted by atomic mass is 19.4. The second kappa shape index (κ2) is 11.4. The minimum atomic E-state index is -5.03. The number of carboxylic acid groups (broad SMARTS) is 1. The number of alkyl halides is 3. The lowest BCUT2D eigenvalue weighted by Gasteiger charge is -2.54. The molecular formula is C31H36F3N2O8+. The van der Waals surface area contributed by atoms with Crippen molar-refractivity contribution in [2.24, 2.45) is 11.3 Å². The number of nitrogens with one attached hydrogen (secondary N) is 1. The van der Waals surface area contributed by atoms with E-state index < -0.39 is 63.8 Å². The largest absolute Gasteiger partial charge is 0.573 e. The maximum absolute atomic E-state index is 14.7. The van der Waals surface area contributed by atoms with Gasteiger partial charge in [0.2, 0.25) is 5.54 Å². The molecule has 1 fully saturated rings. The fourth-order valence-corrected chi connectivity index (χ4v) is 7.02. The number of rotatable bonds is 6. The molecule has 0 aromatic heterocycles. The van der Waals surface area contributed by atoms with Crippen LogP contribution in [0.4, 0.5) is 18.9 Å². The highest BCUT2D eigenvalue weighted by Gasteiger charge is 2.70. The lowest BCUT2D eigenvalue weighted by molar-refractivity contribution is -0.274. The summed E-state index contributed by atoms with van der Waals surface area (Å²) in [6, 6.07) is 8.50. The molecule has 3 aliphatic heterocycles. The number of hydrogen-bond acceptors (Lipinski definition) is 8. The molecule has 0 aliphatic carbocycles. The normalized spacial score (nSPS) is 27.2. The van der Waals surface area contributed by atoms with E-state index in [1.165, 1.54) is 13.0 Å². The summed E-state index contributed by atoms with van der Waals surface area (Å²) in [5.41, 5.74) is -2.12. The number of carbonyl (C=O) groups excluding carboxylic acids is 2.